The molecule has 0 amide bonds. The van der Waals surface area contributed by atoms with E-state index in [1.54, 1.807) is 4.31 Å². The minimum absolute atomic E-state index is 0.0231. The van der Waals surface area contributed by atoms with Crippen molar-refractivity contribution in [3.63, 3.8) is 0 Å². The predicted octanol–water partition coefficient (Wildman–Crippen LogP) is 1.22. The SMILES string of the molecule is O=S(=O)(CC1COCCO1)N1CCc2[nH]nc(-c3ccccc3)c2CC1. The molecule has 0 saturated carbocycles. The van der Waals surface area contributed by atoms with Gasteiger partial charge in [0, 0.05) is 36.3 Å². The van der Waals surface area contributed by atoms with Crippen LogP contribution in [0.5, 0.6) is 0 Å². The lowest BCUT2D eigenvalue weighted by atomic mass is 10.0. The van der Waals surface area contributed by atoms with E-state index >= 15 is 0 Å². The standard InChI is InChI=1S/C18H23N3O4S/c22-26(23,13-15-12-24-10-11-25-15)21-8-6-16-17(7-9-21)19-20-18(16)14-4-2-1-3-5-14/h1-5,15H,6-13H2,(H,19,20). The number of hydrogen-bond donors (Lipinski definition) is 1. The first-order valence-corrected chi connectivity index (χ1v) is 10.5. The number of sulfonamides is 1. The monoisotopic (exact) mass is 377 g/mol. The molecule has 1 saturated heterocycles. The summed E-state index contributed by atoms with van der Waals surface area (Å²) >= 11 is 0. The average molecular weight is 377 g/mol. The fourth-order valence-corrected chi connectivity index (χ4v) is 5.16. The van der Waals surface area contributed by atoms with E-state index in [2.05, 4.69) is 10.2 Å². The lowest BCUT2D eigenvalue weighted by molar-refractivity contribution is -0.0785. The Labute approximate surface area is 153 Å². The van der Waals surface area contributed by atoms with Crippen LogP contribution in [0, 0.1) is 0 Å². The Balaban J connectivity index is 1.49. The highest BCUT2D eigenvalue weighted by molar-refractivity contribution is 7.89. The Morgan fingerprint density at radius 1 is 1.15 bits per heavy atom. The van der Waals surface area contributed by atoms with Gasteiger partial charge in [-0.3, -0.25) is 5.10 Å². The van der Waals surface area contributed by atoms with Gasteiger partial charge in [-0.25, -0.2) is 12.7 Å². The molecule has 0 spiro atoms. The molecule has 0 aliphatic carbocycles. The van der Waals surface area contributed by atoms with Crippen LogP contribution in [0.4, 0.5) is 0 Å². The predicted molar refractivity (Wildman–Crippen MR) is 97.4 cm³/mol. The lowest BCUT2D eigenvalue weighted by Gasteiger charge is -2.26. The number of H-pyrrole nitrogens is 1. The van der Waals surface area contributed by atoms with Crippen molar-refractivity contribution >= 4 is 10.0 Å². The molecule has 0 radical (unpaired) electrons. The summed E-state index contributed by atoms with van der Waals surface area (Å²) in [5.74, 6) is -0.0231. The van der Waals surface area contributed by atoms with Crippen LogP contribution in [0.2, 0.25) is 0 Å². The molecular formula is C18H23N3O4S. The van der Waals surface area contributed by atoms with E-state index in [9.17, 15) is 8.42 Å². The Morgan fingerprint density at radius 3 is 2.73 bits per heavy atom. The van der Waals surface area contributed by atoms with E-state index in [-0.39, 0.29) is 11.9 Å². The van der Waals surface area contributed by atoms with Crippen LogP contribution >= 0.6 is 0 Å². The highest BCUT2D eigenvalue weighted by Gasteiger charge is 2.30. The minimum Gasteiger partial charge on any atom is -0.376 e. The molecular weight excluding hydrogens is 354 g/mol. The molecule has 26 heavy (non-hydrogen) atoms. The molecule has 2 aliphatic rings. The molecule has 2 aromatic rings. The van der Waals surface area contributed by atoms with Gasteiger partial charge in [-0.2, -0.15) is 5.10 Å². The summed E-state index contributed by atoms with van der Waals surface area (Å²) in [4.78, 5) is 0. The van der Waals surface area contributed by atoms with E-state index in [1.807, 2.05) is 30.3 Å². The van der Waals surface area contributed by atoms with E-state index in [4.69, 9.17) is 9.47 Å². The van der Waals surface area contributed by atoms with Crippen LogP contribution < -0.4 is 0 Å². The highest BCUT2D eigenvalue weighted by atomic mass is 32.2. The number of hydrogen-bond acceptors (Lipinski definition) is 5. The van der Waals surface area contributed by atoms with E-state index in [1.165, 1.54) is 0 Å². The lowest BCUT2D eigenvalue weighted by Crippen LogP contribution is -2.42. The Morgan fingerprint density at radius 2 is 1.96 bits per heavy atom. The molecule has 1 N–H and O–H groups in total. The zero-order valence-corrected chi connectivity index (χ0v) is 15.4. The topological polar surface area (TPSA) is 84.5 Å². The maximum atomic E-state index is 12.8. The van der Waals surface area contributed by atoms with Gasteiger partial charge in [-0.1, -0.05) is 30.3 Å². The first kappa shape index (κ1) is 17.7. The molecule has 8 heteroatoms. The third-order valence-electron chi connectivity index (χ3n) is 4.90. The Bertz CT molecular complexity index is 845. The van der Waals surface area contributed by atoms with Gasteiger partial charge >= 0.3 is 0 Å². The van der Waals surface area contributed by atoms with Crippen LogP contribution in [0.3, 0.4) is 0 Å². The van der Waals surface area contributed by atoms with Crippen LogP contribution in [-0.2, 0) is 32.3 Å². The van der Waals surface area contributed by atoms with Crippen molar-refractivity contribution < 1.29 is 17.9 Å². The van der Waals surface area contributed by atoms with Crippen LogP contribution in [0.25, 0.3) is 11.3 Å². The fourth-order valence-electron chi connectivity index (χ4n) is 3.55. The van der Waals surface area contributed by atoms with Crippen molar-refractivity contribution in [3.8, 4) is 11.3 Å². The van der Waals surface area contributed by atoms with Crippen molar-refractivity contribution in [2.24, 2.45) is 0 Å². The first-order chi connectivity index (χ1) is 12.6. The molecule has 3 heterocycles. The normalized spacial score (nSPS) is 21.9. The van der Waals surface area contributed by atoms with Crippen LogP contribution in [0.15, 0.2) is 30.3 Å². The van der Waals surface area contributed by atoms with Crippen molar-refractivity contribution in [1.29, 1.82) is 0 Å². The number of nitrogens with one attached hydrogen (secondary N) is 1. The van der Waals surface area contributed by atoms with Gasteiger partial charge in [0.15, 0.2) is 0 Å². The van der Waals surface area contributed by atoms with Crippen molar-refractivity contribution in [1.82, 2.24) is 14.5 Å². The van der Waals surface area contributed by atoms with Gasteiger partial charge in [-0.15, -0.1) is 0 Å². The molecule has 1 atom stereocenters. The number of aromatic amines is 1. The number of benzene rings is 1. The van der Waals surface area contributed by atoms with Crippen molar-refractivity contribution in [3.05, 3.63) is 41.6 Å². The second kappa shape index (κ2) is 7.48. The molecule has 1 unspecified atom stereocenters. The summed E-state index contributed by atoms with van der Waals surface area (Å²) in [6.07, 6.45) is 0.907. The quantitative estimate of drug-likeness (QED) is 0.866. The van der Waals surface area contributed by atoms with Gasteiger partial charge in [0.1, 0.15) is 0 Å². The fraction of sp³-hybridized carbons (Fsp3) is 0.500. The van der Waals surface area contributed by atoms with Crippen molar-refractivity contribution in [2.45, 2.75) is 18.9 Å². The number of aromatic nitrogens is 2. The molecule has 2 aliphatic heterocycles. The second-order valence-corrected chi connectivity index (χ2v) is 8.65. The third kappa shape index (κ3) is 3.68. The third-order valence-corrected chi connectivity index (χ3v) is 6.84. The van der Waals surface area contributed by atoms with E-state index < -0.39 is 10.0 Å². The Hall–Kier alpha value is -1.74. The molecule has 1 aromatic heterocycles. The molecule has 7 nitrogen and oxygen atoms in total. The number of ether oxygens (including phenoxy) is 2. The zero-order chi connectivity index (χ0) is 18.0. The number of nitrogens with zero attached hydrogens (tertiary/aromatic N) is 2. The summed E-state index contributed by atoms with van der Waals surface area (Å²) in [6.45, 7) is 2.25. The summed E-state index contributed by atoms with van der Waals surface area (Å²) in [6, 6.07) is 9.99. The highest BCUT2D eigenvalue weighted by Crippen LogP contribution is 2.27. The maximum absolute atomic E-state index is 12.8. The molecule has 4 rings (SSSR count). The van der Waals surface area contributed by atoms with Gasteiger partial charge < -0.3 is 9.47 Å². The molecule has 1 aromatic carbocycles. The minimum atomic E-state index is -3.39. The van der Waals surface area contributed by atoms with E-state index in [0.29, 0.717) is 45.8 Å². The summed E-state index contributed by atoms with van der Waals surface area (Å²) in [5.41, 5.74) is 4.11. The van der Waals surface area contributed by atoms with Crippen LogP contribution in [0.1, 0.15) is 11.3 Å². The van der Waals surface area contributed by atoms with Gasteiger partial charge in [0.05, 0.1) is 37.4 Å². The molecule has 140 valence electrons. The number of rotatable bonds is 4. The van der Waals surface area contributed by atoms with Crippen LogP contribution in [-0.4, -0.2) is 67.7 Å². The summed E-state index contributed by atoms with van der Waals surface area (Å²) in [5, 5.41) is 7.56. The van der Waals surface area contributed by atoms with Gasteiger partial charge in [0.25, 0.3) is 0 Å². The first-order valence-electron chi connectivity index (χ1n) is 8.92. The zero-order valence-electron chi connectivity index (χ0n) is 14.6. The number of fused-ring (bicyclic) bond motifs is 1. The Kier molecular flexibility index (Phi) is 5.08. The van der Waals surface area contributed by atoms with Gasteiger partial charge in [0.2, 0.25) is 10.0 Å². The van der Waals surface area contributed by atoms with Gasteiger partial charge in [-0.05, 0) is 6.42 Å². The smallest absolute Gasteiger partial charge is 0.216 e. The molecule has 0 bridgehead atoms. The largest absolute Gasteiger partial charge is 0.376 e. The summed E-state index contributed by atoms with van der Waals surface area (Å²) in [7, 11) is -3.39. The average Bonchev–Trinajstić information content (AvgIpc) is 2.93. The van der Waals surface area contributed by atoms with Crippen molar-refractivity contribution in [2.75, 3.05) is 38.7 Å². The van der Waals surface area contributed by atoms with E-state index in [0.717, 1.165) is 22.5 Å². The summed E-state index contributed by atoms with van der Waals surface area (Å²) < 4.78 is 38.0. The maximum Gasteiger partial charge on any atom is 0.216 e. The molecule has 1 fully saturated rings. The second-order valence-electron chi connectivity index (χ2n) is 6.64.